The number of halogens is 1. The van der Waals surface area contributed by atoms with Crippen LogP contribution in [0.15, 0.2) is 18.2 Å². The van der Waals surface area contributed by atoms with Gasteiger partial charge < -0.3 is 15.6 Å². The molecule has 1 fully saturated rings. The molecule has 1 aliphatic heterocycles. The number of benzene rings is 1. The van der Waals surface area contributed by atoms with Gasteiger partial charge in [-0.2, -0.15) is 0 Å². The largest absolute Gasteiger partial charge is 0.387 e. The third kappa shape index (κ3) is 3.43. The Hall–Kier alpha value is -0.650. The van der Waals surface area contributed by atoms with Crippen molar-refractivity contribution in [2.75, 3.05) is 32.8 Å². The van der Waals surface area contributed by atoms with Crippen molar-refractivity contribution in [1.29, 1.82) is 0 Å². The number of hydrogen-bond acceptors (Lipinski definition) is 4. The van der Waals surface area contributed by atoms with E-state index in [1.165, 1.54) is 0 Å². The zero-order chi connectivity index (χ0) is 13.0. The third-order valence-electron chi connectivity index (χ3n) is 3.18. The third-order valence-corrected chi connectivity index (χ3v) is 3.53. The lowest BCUT2D eigenvalue weighted by atomic mass is 10.1. The van der Waals surface area contributed by atoms with Crippen LogP contribution in [0.5, 0.6) is 0 Å². The molecule has 0 aliphatic carbocycles. The fraction of sp³-hybridized carbons (Fsp3) is 0.538. The number of ether oxygens (including phenoxy) is 1. The molecule has 1 atom stereocenters. The van der Waals surface area contributed by atoms with Crippen LogP contribution in [0.2, 0.25) is 5.02 Å². The fourth-order valence-corrected chi connectivity index (χ4v) is 2.28. The summed E-state index contributed by atoms with van der Waals surface area (Å²) in [6.45, 7) is 4.45. The van der Waals surface area contributed by atoms with Gasteiger partial charge in [-0.15, -0.1) is 0 Å². The highest BCUT2D eigenvalue weighted by Crippen LogP contribution is 2.23. The normalized spacial score (nSPS) is 18.8. The topological polar surface area (TPSA) is 58.7 Å². The summed E-state index contributed by atoms with van der Waals surface area (Å²) in [7, 11) is 0. The summed E-state index contributed by atoms with van der Waals surface area (Å²) in [6.07, 6.45) is -0.639. The van der Waals surface area contributed by atoms with Gasteiger partial charge in [-0.25, -0.2) is 0 Å². The highest BCUT2D eigenvalue weighted by Gasteiger charge is 2.13. The van der Waals surface area contributed by atoms with E-state index in [4.69, 9.17) is 22.1 Å². The lowest BCUT2D eigenvalue weighted by Crippen LogP contribution is -2.35. The number of aliphatic hydroxyl groups is 1. The molecule has 0 spiro atoms. The second kappa shape index (κ2) is 6.50. The molecule has 2 rings (SSSR count). The van der Waals surface area contributed by atoms with E-state index in [1.54, 1.807) is 6.07 Å². The molecule has 4 nitrogen and oxygen atoms in total. The lowest BCUT2D eigenvalue weighted by molar-refractivity contribution is 0.0342. The van der Waals surface area contributed by atoms with Gasteiger partial charge in [-0.1, -0.05) is 23.7 Å². The molecule has 1 aromatic carbocycles. The van der Waals surface area contributed by atoms with Crippen LogP contribution in [0.25, 0.3) is 0 Å². The van der Waals surface area contributed by atoms with Gasteiger partial charge in [0.15, 0.2) is 0 Å². The zero-order valence-corrected chi connectivity index (χ0v) is 11.1. The van der Waals surface area contributed by atoms with Crippen molar-refractivity contribution in [2.24, 2.45) is 5.73 Å². The highest BCUT2D eigenvalue weighted by molar-refractivity contribution is 6.31. The van der Waals surface area contributed by atoms with Crippen LogP contribution in [-0.4, -0.2) is 42.9 Å². The van der Waals surface area contributed by atoms with Crippen LogP contribution in [-0.2, 0) is 11.3 Å². The minimum Gasteiger partial charge on any atom is -0.387 e. The van der Waals surface area contributed by atoms with Crippen molar-refractivity contribution in [3.05, 3.63) is 34.3 Å². The van der Waals surface area contributed by atoms with Gasteiger partial charge in [0.25, 0.3) is 0 Å². The SMILES string of the molecule is NCC(O)c1ccc(CN2CCOCC2)c(Cl)c1. The Morgan fingerprint density at radius 1 is 1.39 bits per heavy atom. The van der Waals surface area contributed by atoms with Crippen LogP contribution in [0, 0.1) is 0 Å². The molecular formula is C13H19ClN2O2. The lowest BCUT2D eigenvalue weighted by Gasteiger charge is -2.27. The maximum Gasteiger partial charge on any atom is 0.0912 e. The second-order valence-corrected chi connectivity index (χ2v) is 4.90. The van der Waals surface area contributed by atoms with E-state index in [0.717, 1.165) is 44.0 Å². The Morgan fingerprint density at radius 3 is 2.72 bits per heavy atom. The van der Waals surface area contributed by atoms with E-state index in [-0.39, 0.29) is 6.54 Å². The maximum atomic E-state index is 9.66. The number of hydrogen-bond donors (Lipinski definition) is 2. The van der Waals surface area contributed by atoms with Crippen LogP contribution in [0.4, 0.5) is 0 Å². The van der Waals surface area contributed by atoms with Crippen LogP contribution in [0.3, 0.4) is 0 Å². The Bertz CT molecular complexity index is 395. The van der Waals surface area contributed by atoms with E-state index in [9.17, 15) is 5.11 Å². The minimum atomic E-state index is -0.639. The molecular weight excluding hydrogens is 252 g/mol. The number of nitrogens with two attached hydrogens (primary N) is 1. The van der Waals surface area contributed by atoms with E-state index in [1.807, 2.05) is 12.1 Å². The Morgan fingerprint density at radius 2 is 2.11 bits per heavy atom. The Balaban J connectivity index is 2.04. The molecule has 1 aliphatic rings. The predicted molar refractivity (Wildman–Crippen MR) is 71.6 cm³/mol. The summed E-state index contributed by atoms with van der Waals surface area (Å²) in [4.78, 5) is 2.31. The quantitative estimate of drug-likeness (QED) is 0.862. The monoisotopic (exact) mass is 270 g/mol. The van der Waals surface area contributed by atoms with Gasteiger partial charge in [0.05, 0.1) is 19.3 Å². The molecule has 0 bridgehead atoms. The predicted octanol–water partition coefficient (Wildman–Crippen LogP) is 1.16. The number of rotatable bonds is 4. The molecule has 1 heterocycles. The van der Waals surface area contributed by atoms with Gasteiger partial charge >= 0.3 is 0 Å². The Kier molecular flexibility index (Phi) is 4.97. The highest BCUT2D eigenvalue weighted by atomic mass is 35.5. The molecule has 1 aromatic rings. The van der Waals surface area contributed by atoms with Gasteiger partial charge in [-0.05, 0) is 17.2 Å². The smallest absolute Gasteiger partial charge is 0.0912 e. The van der Waals surface area contributed by atoms with Gasteiger partial charge in [0.1, 0.15) is 0 Å². The Labute approximate surface area is 112 Å². The van der Waals surface area contributed by atoms with Crippen molar-refractivity contribution in [2.45, 2.75) is 12.6 Å². The van der Waals surface area contributed by atoms with Crippen molar-refractivity contribution in [1.82, 2.24) is 4.90 Å². The summed E-state index contributed by atoms with van der Waals surface area (Å²) >= 11 is 6.24. The molecule has 1 saturated heterocycles. The molecule has 5 heteroatoms. The first kappa shape index (κ1) is 13.8. The van der Waals surface area contributed by atoms with E-state index in [2.05, 4.69) is 4.90 Å². The number of nitrogens with zero attached hydrogens (tertiary/aromatic N) is 1. The first-order chi connectivity index (χ1) is 8.70. The first-order valence-corrected chi connectivity index (χ1v) is 6.55. The van der Waals surface area contributed by atoms with Crippen molar-refractivity contribution in [3.8, 4) is 0 Å². The molecule has 0 amide bonds. The molecule has 3 N–H and O–H groups in total. The molecule has 0 saturated carbocycles. The summed E-state index contributed by atoms with van der Waals surface area (Å²) in [5.74, 6) is 0. The van der Waals surface area contributed by atoms with Gasteiger partial charge in [0, 0.05) is 31.2 Å². The maximum absolute atomic E-state index is 9.66. The van der Waals surface area contributed by atoms with Crippen LogP contribution >= 0.6 is 11.6 Å². The second-order valence-electron chi connectivity index (χ2n) is 4.49. The van der Waals surface area contributed by atoms with E-state index < -0.39 is 6.10 Å². The average Bonchev–Trinajstić information content (AvgIpc) is 2.41. The standard InChI is InChI=1S/C13H19ClN2O2/c14-12-7-10(13(17)8-15)1-2-11(12)9-16-3-5-18-6-4-16/h1-2,7,13,17H,3-6,8-9,15H2. The van der Waals surface area contributed by atoms with E-state index in [0.29, 0.717) is 5.02 Å². The van der Waals surface area contributed by atoms with Crippen molar-refractivity contribution < 1.29 is 9.84 Å². The van der Waals surface area contributed by atoms with Crippen molar-refractivity contribution >= 4 is 11.6 Å². The number of morpholine rings is 1. The molecule has 18 heavy (non-hydrogen) atoms. The zero-order valence-electron chi connectivity index (χ0n) is 10.3. The summed E-state index contributed by atoms with van der Waals surface area (Å²) in [5.41, 5.74) is 7.27. The molecule has 1 unspecified atom stereocenters. The van der Waals surface area contributed by atoms with Crippen LogP contribution in [0.1, 0.15) is 17.2 Å². The minimum absolute atomic E-state index is 0.207. The molecule has 0 aromatic heterocycles. The summed E-state index contributed by atoms with van der Waals surface area (Å²) < 4.78 is 5.31. The summed E-state index contributed by atoms with van der Waals surface area (Å²) in [6, 6.07) is 5.65. The van der Waals surface area contributed by atoms with Gasteiger partial charge in [-0.3, -0.25) is 4.90 Å². The van der Waals surface area contributed by atoms with Gasteiger partial charge in [0.2, 0.25) is 0 Å². The average molecular weight is 271 g/mol. The van der Waals surface area contributed by atoms with E-state index >= 15 is 0 Å². The molecule has 100 valence electrons. The first-order valence-electron chi connectivity index (χ1n) is 6.17. The van der Waals surface area contributed by atoms with Crippen molar-refractivity contribution in [3.63, 3.8) is 0 Å². The summed E-state index contributed by atoms with van der Waals surface area (Å²) in [5, 5.41) is 10.3. The van der Waals surface area contributed by atoms with Crippen LogP contribution < -0.4 is 5.73 Å². The molecule has 0 radical (unpaired) electrons. The fourth-order valence-electron chi connectivity index (χ4n) is 2.04. The number of aliphatic hydroxyl groups excluding tert-OH is 1.